The summed E-state index contributed by atoms with van der Waals surface area (Å²) in [6.07, 6.45) is 0. The number of anilines is 1. The van der Waals surface area contributed by atoms with Crippen LogP contribution in [0.5, 0.6) is 11.5 Å². The number of benzene rings is 2. The largest absolute Gasteiger partial charge is 0.490 e. The van der Waals surface area contributed by atoms with Gasteiger partial charge in [0.2, 0.25) is 0 Å². The number of rotatable bonds is 6. The molecule has 2 N–H and O–H groups in total. The molecule has 0 atom stereocenters. The quantitative estimate of drug-likeness (QED) is 0.383. The van der Waals surface area contributed by atoms with Crippen LogP contribution >= 0.6 is 0 Å². The highest BCUT2D eigenvalue weighted by molar-refractivity contribution is 5.41. The summed E-state index contributed by atoms with van der Waals surface area (Å²) in [5.41, 5.74) is 5.85. The topological polar surface area (TPSA) is 87.6 Å². The highest BCUT2D eigenvalue weighted by atomic mass is 19.1. The molecule has 2 aromatic carbocycles. The van der Waals surface area contributed by atoms with Crippen molar-refractivity contribution in [1.82, 2.24) is 0 Å². The minimum Gasteiger partial charge on any atom is -0.490 e. The standard InChI is InChI=1S/C14H13FN2O4/c15-13-9-11(17(18)19)3-6-14(13)21-8-7-20-12-4-1-10(16)2-5-12/h1-6,9H,7-8,16H2. The number of non-ortho nitro benzene ring substituents is 1. The number of nitro benzene ring substituents is 1. The van der Waals surface area contributed by atoms with E-state index in [-0.39, 0.29) is 24.7 Å². The Morgan fingerprint density at radius 1 is 1.10 bits per heavy atom. The van der Waals surface area contributed by atoms with E-state index in [2.05, 4.69) is 0 Å². The molecule has 2 aromatic rings. The number of hydrogen-bond donors (Lipinski definition) is 1. The third-order valence-electron chi connectivity index (χ3n) is 2.62. The van der Waals surface area contributed by atoms with Crippen molar-refractivity contribution in [2.75, 3.05) is 18.9 Å². The van der Waals surface area contributed by atoms with Crippen LogP contribution in [0.15, 0.2) is 42.5 Å². The number of nitrogen functional groups attached to an aromatic ring is 1. The third-order valence-corrected chi connectivity index (χ3v) is 2.62. The summed E-state index contributed by atoms with van der Waals surface area (Å²) in [5, 5.41) is 10.5. The summed E-state index contributed by atoms with van der Waals surface area (Å²) in [4.78, 5) is 9.81. The first-order valence-electron chi connectivity index (χ1n) is 6.11. The van der Waals surface area contributed by atoms with Gasteiger partial charge in [-0.05, 0) is 30.3 Å². The van der Waals surface area contributed by atoms with Gasteiger partial charge in [-0.15, -0.1) is 0 Å². The number of hydrogen-bond acceptors (Lipinski definition) is 5. The van der Waals surface area contributed by atoms with Crippen molar-refractivity contribution < 1.29 is 18.8 Å². The Bertz CT molecular complexity index is 631. The Morgan fingerprint density at radius 3 is 2.38 bits per heavy atom. The van der Waals surface area contributed by atoms with E-state index in [1.54, 1.807) is 24.3 Å². The second-order valence-electron chi connectivity index (χ2n) is 4.14. The number of nitrogens with zero attached hydrogens (tertiary/aromatic N) is 1. The Morgan fingerprint density at radius 2 is 1.76 bits per heavy atom. The number of ether oxygens (including phenoxy) is 2. The smallest absolute Gasteiger partial charge is 0.272 e. The summed E-state index contributed by atoms with van der Waals surface area (Å²) < 4.78 is 24.1. The Balaban J connectivity index is 1.83. The van der Waals surface area contributed by atoms with E-state index in [1.807, 2.05) is 0 Å². The molecule has 0 aliphatic carbocycles. The van der Waals surface area contributed by atoms with Crippen LogP contribution in [0, 0.1) is 15.9 Å². The summed E-state index contributed by atoms with van der Waals surface area (Å²) in [5.74, 6) is -0.213. The van der Waals surface area contributed by atoms with E-state index in [4.69, 9.17) is 15.2 Å². The van der Waals surface area contributed by atoms with Crippen molar-refractivity contribution in [1.29, 1.82) is 0 Å². The summed E-state index contributed by atoms with van der Waals surface area (Å²) in [6, 6.07) is 10.0. The van der Waals surface area contributed by atoms with Crippen molar-refractivity contribution in [3.05, 3.63) is 58.4 Å². The lowest BCUT2D eigenvalue weighted by atomic mass is 10.3. The van der Waals surface area contributed by atoms with Crippen LogP contribution in [0.1, 0.15) is 0 Å². The molecule has 2 rings (SSSR count). The van der Waals surface area contributed by atoms with Crippen molar-refractivity contribution in [3.8, 4) is 11.5 Å². The van der Waals surface area contributed by atoms with Crippen LogP contribution in [-0.2, 0) is 0 Å². The number of halogens is 1. The fourth-order valence-electron chi connectivity index (χ4n) is 1.60. The molecule has 0 aromatic heterocycles. The van der Waals surface area contributed by atoms with E-state index < -0.39 is 10.7 Å². The molecule has 0 bridgehead atoms. The molecular weight excluding hydrogens is 279 g/mol. The summed E-state index contributed by atoms with van der Waals surface area (Å²) >= 11 is 0. The minimum absolute atomic E-state index is 0.0542. The molecule has 0 unspecified atom stereocenters. The second kappa shape index (κ2) is 6.56. The first-order valence-corrected chi connectivity index (χ1v) is 6.11. The first kappa shape index (κ1) is 14.6. The maximum Gasteiger partial charge on any atom is 0.272 e. The maximum absolute atomic E-state index is 13.5. The molecule has 0 heterocycles. The van der Waals surface area contributed by atoms with Crippen molar-refractivity contribution >= 4 is 11.4 Å². The maximum atomic E-state index is 13.5. The summed E-state index contributed by atoms with van der Waals surface area (Å²) in [6.45, 7) is 0.319. The molecule has 0 spiro atoms. The van der Waals surface area contributed by atoms with Gasteiger partial charge in [0.1, 0.15) is 19.0 Å². The lowest BCUT2D eigenvalue weighted by Gasteiger charge is -2.09. The lowest BCUT2D eigenvalue weighted by Crippen LogP contribution is -2.09. The molecule has 21 heavy (non-hydrogen) atoms. The zero-order valence-electron chi connectivity index (χ0n) is 11.0. The average molecular weight is 292 g/mol. The zero-order chi connectivity index (χ0) is 15.2. The fourth-order valence-corrected chi connectivity index (χ4v) is 1.60. The molecule has 0 aliphatic rings. The molecule has 6 nitrogen and oxygen atoms in total. The first-order chi connectivity index (χ1) is 10.1. The Hall–Kier alpha value is -2.83. The van der Waals surface area contributed by atoms with Gasteiger partial charge < -0.3 is 15.2 Å². The van der Waals surface area contributed by atoms with Gasteiger partial charge in [-0.25, -0.2) is 4.39 Å². The van der Waals surface area contributed by atoms with Gasteiger partial charge in [0.25, 0.3) is 5.69 Å². The number of nitro groups is 1. The van der Waals surface area contributed by atoms with E-state index in [1.165, 1.54) is 12.1 Å². The van der Waals surface area contributed by atoms with Crippen LogP contribution in [-0.4, -0.2) is 18.1 Å². The molecule has 0 saturated carbocycles. The highest BCUT2D eigenvalue weighted by Crippen LogP contribution is 2.22. The SMILES string of the molecule is Nc1ccc(OCCOc2ccc([N+](=O)[O-])cc2F)cc1. The minimum atomic E-state index is -0.781. The van der Waals surface area contributed by atoms with Gasteiger partial charge in [-0.3, -0.25) is 10.1 Å². The Kier molecular flexibility index (Phi) is 4.55. The molecular formula is C14H13FN2O4. The van der Waals surface area contributed by atoms with Crippen molar-refractivity contribution in [2.45, 2.75) is 0 Å². The molecule has 0 amide bonds. The normalized spacial score (nSPS) is 10.1. The van der Waals surface area contributed by atoms with Gasteiger partial charge in [-0.2, -0.15) is 0 Å². The van der Waals surface area contributed by atoms with Gasteiger partial charge in [-0.1, -0.05) is 0 Å². The van der Waals surface area contributed by atoms with Crippen LogP contribution in [0.2, 0.25) is 0 Å². The lowest BCUT2D eigenvalue weighted by molar-refractivity contribution is -0.385. The van der Waals surface area contributed by atoms with Gasteiger partial charge in [0, 0.05) is 11.8 Å². The van der Waals surface area contributed by atoms with Gasteiger partial charge >= 0.3 is 0 Å². The van der Waals surface area contributed by atoms with Gasteiger partial charge in [0.15, 0.2) is 11.6 Å². The number of nitrogens with two attached hydrogens (primary N) is 1. The predicted octanol–water partition coefficient (Wildman–Crippen LogP) is 2.77. The van der Waals surface area contributed by atoms with Crippen LogP contribution in [0.25, 0.3) is 0 Å². The fraction of sp³-hybridized carbons (Fsp3) is 0.143. The second-order valence-corrected chi connectivity index (χ2v) is 4.14. The van der Waals surface area contributed by atoms with E-state index >= 15 is 0 Å². The predicted molar refractivity (Wildman–Crippen MR) is 74.9 cm³/mol. The molecule has 0 aliphatic heterocycles. The summed E-state index contributed by atoms with van der Waals surface area (Å²) in [7, 11) is 0. The zero-order valence-corrected chi connectivity index (χ0v) is 11.0. The van der Waals surface area contributed by atoms with Crippen molar-refractivity contribution in [2.24, 2.45) is 0 Å². The monoisotopic (exact) mass is 292 g/mol. The molecule has 0 radical (unpaired) electrons. The van der Waals surface area contributed by atoms with Crippen LogP contribution < -0.4 is 15.2 Å². The molecule has 110 valence electrons. The molecule has 0 saturated heterocycles. The van der Waals surface area contributed by atoms with E-state index in [0.29, 0.717) is 11.4 Å². The highest BCUT2D eigenvalue weighted by Gasteiger charge is 2.11. The average Bonchev–Trinajstić information content (AvgIpc) is 2.46. The molecule has 7 heteroatoms. The van der Waals surface area contributed by atoms with Gasteiger partial charge in [0.05, 0.1) is 11.0 Å². The van der Waals surface area contributed by atoms with E-state index in [0.717, 1.165) is 6.07 Å². The Labute approximate surface area is 120 Å². The van der Waals surface area contributed by atoms with Crippen LogP contribution in [0.4, 0.5) is 15.8 Å². The molecule has 0 fully saturated rings. The van der Waals surface area contributed by atoms with Crippen LogP contribution in [0.3, 0.4) is 0 Å². The van der Waals surface area contributed by atoms with Crippen molar-refractivity contribution in [3.63, 3.8) is 0 Å². The third kappa shape index (κ3) is 4.07. The van der Waals surface area contributed by atoms with E-state index in [9.17, 15) is 14.5 Å².